The number of nitrogens with zero attached hydrogens (tertiary/aromatic N) is 3. The predicted octanol–water partition coefficient (Wildman–Crippen LogP) is 4.36. The molecular weight excluding hydrogens is 486 g/mol. The van der Waals surface area contributed by atoms with Crippen LogP contribution < -0.4 is 4.90 Å². The molecule has 30 heavy (non-hydrogen) atoms. The summed E-state index contributed by atoms with van der Waals surface area (Å²) in [6.45, 7) is 3.82. The van der Waals surface area contributed by atoms with Crippen molar-refractivity contribution in [3.63, 3.8) is 0 Å². The molecule has 0 saturated carbocycles. The number of benzene rings is 2. The SMILES string of the molecule is C=CCN1C(=O)/C(=C/c2ccc(N(C)C)cc2)S/C1=N/S(=O)(=O)c1ccc(Br)cc1. The average Bonchev–Trinajstić information content (AvgIpc) is 2.97. The molecule has 156 valence electrons. The molecule has 9 heteroatoms. The smallest absolute Gasteiger partial charge is 0.284 e. The maximum Gasteiger partial charge on any atom is 0.284 e. The normalized spacial score (nSPS) is 17.0. The van der Waals surface area contributed by atoms with Gasteiger partial charge >= 0.3 is 0 Å². The molecule has 0 N–H and O–H groups in total. The van der Waals surface area contributed by atoms with E-state index < -0.39 is 10.0 Å². The molecule has 0 unspecified atom stereocenters. The standard InChI is InChI=1S/C21H20BrN3O3S2/c1-4-13-25-20(26)19(14-15-5-9-17(10-6-15)24(2)3)29-21(25)23-30(27,28)18-11-7-16(22)8-12-18/h4-12,14H,1,13H2,2-3H3/b19-14-,23-21+. The first-order valence-electron chi connectivity index (χ1n) is 8.91. The quantitative estimate of drug-likeness (QED) is 0.430. The minimum Gasteiger partial charge on any atom is -0.378 e. The molecule has 1 fully saturated rings. The van der Waals surface area contributed by atoms with Crippen LogP contribution in [0.15, 0.2) is 79.9 Å². The van der Waals surface area contributed by atoms with E-state index in [9.17, 15) is 13.2 Å². The lowest BCUT2D eigenvalue weighted by molar-refractivity contribution is -0.121. The molecule has 1 heterocycles. The maximum absolute atomic E-state index is 12.9. The molecular formula is C21H20BrN3O3S2. The summed E-state index contributed by atoms with van der Waals surface area (Å²) in [4.78, 5) is 16.6. The lowest BCUT2D eigenvalue weighted by Gasteiger charge is -2.12. The fourth-order valence-corrected chi connectivity index (χ4v) is 5.10. The van der Waals surface area contributed by atoms with Crippen molar-refractivity contribution in [2.24, 2.45) is 4.40 Å². The molecule has 1 aliphatic rings. The highest BCUT2D eigenvalue weighted by molar-refractivity contribution is 9.10. The zero-order valence-corrected chi connectivity index (χ0v) is 19.7. The topological polar surface area (TPSA) is 70.1 Å². The van der Waals surface area contributed by atoms with E-state index in [1.165, 1.54) is 23.1 Å². The van der Waals surface area contributed by atoms with Gasteiger partial charge in [0.05, 0.1) is 9.80 Å². The fraction of sp³-hybridized carbons (Fsp3) is 0.143. The summed E-state index contributed by atoms with van der Waals surface area (Å²) < 4.78 is 30.1. The number of thioether (sulfide) groups is 1. The van der Waals surface area contributed by atoms with E-state index in [4.69, 9.17) is 0 Å². The third-order valence-corrected chi connectivity index (χ3v) is 7.15. The van der Waals surface area contributed by atoms with Gasteiger partial charge in [0.1, 0.15) is 0 Å². The van der Waals surface area contributed by atoms with E-state index in [2.05, 4.69) is 26.9 Å². The van der Waals surface area contributed by atoms with Crippen LogP contribution in [-0.4, -0.2) is 45.0 Å². The van der Waals surface area contributed by atoms with Gasteiger partial charge in [0.15, 0.2) is 5.17 Å². The first-order valence-corrected chi connectivity index (χ1v) is 12.0. The van der Waals surface area contributed by atoms with Gasteiger partial charge in [0.2, 0.25) is 0 Å². The Morgan fingerprint density at radius 2 is 1.77 bits per heavy atom. The van der Waals surface area contributed by atoms with Crippen LogP contribution in [-0.2, 0) is 14.8 Å². The third kappa shape index (κ3) is 5.03. The van der Waals surface area contributed by atoms with Gasteiger partial charge in [-0.25, -0.2) is 0 Å². The molecule has 0 atom stereocenters. The average molecular weight is 506 g/mol. The number of carbonyl (C=O) groups is 1. The number of halogens is 1. The van der Waals surface area contributed by atoms with Gasteiger partial charge in [-0.2, -0.15) is 8.42 Å². The van der Waals surface area contributed by atoms with E-state index in [-0.39, 0.29) is 22.5 Å². The van der Waals surface area contributed by atoms with Crippen LogP contribution >= 0.6 is 27.7 Å². The van der Waals surface area contributed by atoms with Crippen LogP contribution in [0.3, 0.4) is 0 Å². The Kier molecular flexibility index (Phi) is 6.84. The van der Waals surface area contributed by atoms with E-state index in [0.717, 1.165) is 27.5 Å². The highest BCUT2D eigenvalue weighted by atomic mass is 79.9. The van der Waals surface area contributed by atoms with Gasteiger partial charge in [0, 0.05) is 30.8 Å². The molecule has 1 aliphatic heterocycles. The molecule has 3 rings (SSSR count). The van der Waals surface area contributed by atoms with E-state index in [0.29, 0.717) is 4.91 Å². The summed E-state index contributed by atoms with van der Waals surface area (Å²) in [6, 6.07) is 13.9. The van der Waals surface area contributed by atoms with E-state index in [1.807, 2.05) is 43.3 Å². The van der Waals surface area contributed by atoms with Crippen molar-refractivity contribution in [3.05, 3.63) is 76.1 Å². The maximum atomic E-state index is 12.9. The van der Waals surface area contributed by atoms with Crippen LogP contribution in [0.5, 0.6) is 0 Å². The predicted molar refractivity (Wildman–Crippen MR) is 127 cm³/mol. The number of sulfonamides is 1. The summed E-state index contributed by atoms with van der Waals surface area (Å²) >= 11 is 4.32. The second kappa shape index (κ2) is 9.20. The van der Waals surface area contributed by atoms with Crippen LogP contribution in [0.4, 0.5) is 5.69 Å². The van der Waals surface area contributed by atoms with Gasteiger partial charge < -0.3 is 4.90 Å². The Bertz CT molecular complexity index is 1120. The zero-order chi connectivity index (χ0) is 21.9. The number of carbonyl (C=O) groups excluding carboxylic acids is 1. The summed E-state index contributed by atoms with van der Waals surface area (Å²) in [5.41, 5.74) is 1.88. The Morgan fingerprint density at radius 1 is 1.13 bits per heavy atom. The molecule has 1 amide bonds. The van der Waals surface area contributed by atoms with Crippen LogP contribution in [0.1, 0.15) is 5.56 Å². The number of anilines is 1. The molecule has 2 aromatic carbocycles. The number of hydrogen-bond donors (Lipinski definition) is 0. The molecule has 0 aliphatic carbocycles. The molecule has 0 bridgehead atoms. The van der Waals surface area contributed by atoms with Crippen molar-refractivity contribution in [1.29, 1.82) is 0 Å². The van der Waals surface area contributed by atoms with Gasteiger partial charge in [-0.3, -0.25) is 9.69 Å². The Hall–Kier alpha value is -2.36. The zero-order valence-electron chi connectivity index (χ0n) is 16.4. The molecule has 6 nitrogen and oxygen atoms in total. The van der Waals surface area contributed by atoms with Crippen LogP contribution in [0, 0.1) is 0 Å². The van der Waals surface area contributed by atoms with Crippen molar-refractivity contribution in [1.82, 2.24) is 4.90 Å². The summed E-state index contributed by atoms with van der Waals surface area (Å²) in [5.74, 6) is -0.304. The number of amidine groups is 1. The largest absolute Gasteiger partial charge is 0.378 e. The number of rotatable bonds is 6. The molecule has 0 spiro atoms. The Labute approximate surface area is 189 Å². The monoisotopic (exact) mass is 505 g/mol. The van der Waals surface area contributed by atoms with Crippen molar-refractivity contribution < 1.29 is 13.2 Å². The minimum absolute atomic E-state index is 0.0569. The highest BCUT2D eigenvalue weighted by Gasteiger charge is 2.34. The summed E-state index contributed by atoms with van der Waals surface area (Å²) in [6.07, 6.45) is 3.27. The van der Waals surface area contributed by atoms with Crippen molar-refractivity contribution >= 4 is 60.6 Å². The fourth-order valence-electron chi connectivity index (χ4n) is 2.65. The lowest BCUT2D eigenvalue weighted by Crippen LogP contribution is -2.29. The second-order valence-corrected chi connectivity index (χ2v) is 10.1. The van der Waals surface area contributed by atoms with E-state index in [1.54, 1.807) is 18.2 Å². The number of hydrogen-bond acceptors (Lipinski definition) is 5. The first-order chi connectivity index (χ1) is 14.2. The van der Waals surface area contributed by atoms with Gasteiger partial charge in [-0.1, -0.05) is 34.1 Å². The Morgan fingerprint density at radius 3 is 2.33 bits per heavy atom. The molecule has 0 radical (unpaired) electrons. The summed E-state index contributed by atoms with van der Waals surface area (Å²) in [5, 5.41) is 0.110. The van der Waals surface area contributed by atoms with Crippen molar-refractivity contribution in [2.75, 3.05) is 25.5 Å². The van der Waals surface area contributed by atoms with Crippen molar-refractivity contribution in [3.8, 4) is 0 Å². The molecule has 2 aromatic rings. The van der Waals surface area contributed by atoms with Gasteiger partial charge in [-0.05, 0) is 59.8 Å². The summed E-state index contributed by atoms with van der Waals surface area (Å²) in [7, 11) is -0.0612. The van der Waals surface area contributed by atoms with Crippen LogP contribution in [0.2, 0.25) is 0 Å². The highest BCUT2D eigenvalue weighted by Crippen LogP contribution is 2.34. The number of amides is 1. The molecule has 1 saturated heterocycles. The minimum atomic E-state index is -3.96. The third-order valence-electron chi connectivity index (χ3n) is 4.22. The van der Waals surface area contributed by atoms with E-state index >= 15 is 0 Å². The van der Waals surface area contributed by atoms with Crippen LogP contribution in [0.25, 0.3) is 6.08 Å². The Balaban J connectivity index is 1.95. The lowest BCUT2D eigenvalue weighted by atomic mass is 10.2. The molecule has 0 aromatic heterocycles. The second-order valence-electron chi connectivity index (χ2n) is 6.60. The van der Waals surface area contributed by atoms with Gasteiger partial charge in [-0.15, -0.1) is 11.0 Å². The van der Waals surface area contributed by atoms with Gasteiger partial charge in [0.25, 0.3) is 15.9 Å². The first kappa shape index (κ1) is 22.3. The van der Waals surface area contributed by atoms with Crippen molar-refractivity contribution in [2.45, 2.75) is 4.90 Å².